The van der Waals surface area contributed by atoms with Gasteiger partial charge in [-0.1, -0.05) is 72.3 Å². The first kappa shape index (κ1) is 17.7. The van der Waals surface area contributed by atoms with E-state index in [2.05, 4.69) is 10.6 Å². The van der Waals surface area contributed by atoms with Crippen LogP contribution >= 0.6 is 11.6 Å². The Morgan fingerprint density at radius 2 is 1.27 bits per heavy atom. The van der Waals surface area contributed by atoms with E-state index in [1.807, 2.05) is 12.1 Å². The molecule has 0 unspecified atom stereocenters. The molecular weight excluding hydrogens is 348 g/mol. The molecule has 130 valence electrons. The summed E-state index contributed by atoms with van der Waals surface area (Å²) < 4.78 is 0. The number of benzene rings is 3. The molecule has 0 aromatic heterocycles. The molecule has 0 heterocycles. The van der Waals surface area contributed by atoms with Crippen LogP contribution in [-0.2, 0) is 0 Å². The summed E-state index contributed by atoms with van der Waals surface area (Å²) >= 11 is 6.19. The van der Waals surface area contributed by atoms with Gasteiger partial charge in [0.15, 0.2) is 6.17 Å². The Morgan fingerprint density at radius 3 is 1.88 bits per heavy atom. The van der Waals surface area contributed by atoms with Gasteiger partial charge in [0.1, 0.15) is 0 Å². The second kappa shape index (κ2) is 8.32. The Morgan fingerprint density at radius 1 is 0.731 bits per heavy atom. The lowest BCUT2D eigenvalue weighted by Crippen LogP contribution is -2.46. The van der Waals surface area contributed by atoms with E-state index in [-0.39, 0.29) is 11.7 Å². The van der Waals surface area contributed by atoms with Crippen molar-refractivity contribution < 1.29 is 9.59 Å². The summed E-state index contributed by atoms with van der Waals surface area (Å²) in [5, 5.41) is 6.25. The Balaban J connectivity index is 1.87. The fourth-order valence-electron chi connectivity index (χ4n) is 2.47. The molecular formula is C21H17ClN2O2. The number of hydrogen-bond acceptors (Lipinski definition) is 3. The first-order valence-electron chi connectivity index (χ1n) is 8.11. The minimum absolute atomic E-state index is 0.255. The van der Waals surface area contributed by atoms with E-state index in [0.29, 0.717) is 21.8 Å². The zero-order valence-corrected chi connectivity index (χ0v) is 14.6. The molecule has 2 N–H and O–H groups in total. The molecule has 3 rings (SSSR count). The lowest BCUT2D eigenvalue weighted by Gasteiger charge is -2.21. The van der Waals surface area contributed by atoms with E-state index in [1.54, 1.807) is 72.8 Å². The van der Waals surface area contributed by atoms with Gasteiger partial charge in [-0.15, -0.1) is 0 Å². The van der Waals surface area contributed by atoms with Crippen LogP contribution in [0.1, 0.15) is 20.7 Å². The van der Waals surface area contributed by atoms with E-state index < -0.39 is 6.17 Å². The highest BCUT2D eigenvalue weighted by Gasteiger charge is 2.23. The third-order valence-electron chi connectivity index (χ3n) is 3.81. The third kappa shape index (κ3) is 4.29. The zero-order valence-electron chi connectivity index (χ0n) is 13.9. The first-order chi connectivity index (χ1) is 12.6. The van der Waals surface area contributed by atoms with E-state index in [1.165, 1.54) is 0 Å². The van der Waals surface area contributed by atoms with Crippen molar-refractivity contribution in [2.75, 3.05) is 5.32 Å². The van der Waals surface area contributed by atoms with Crippen molar-refractivity contribution in [1.29, 1.82) is 0 Å². The molecule has 0 aliphatic rings. The van der Waals surface area contributed by atoms with Crippen molar-refractivity contribution in [1.82, 2.24) is 5.32 Å². The average molecular weight is 365 g/mol. The van der Waals surface area contributed by atoms with Gasteiger partial charge in [-0.05, 0) is 24.3 Å². The van der Waals surface area contributed by atoms with E-state index >= 15 is 0 Å². The van der Waals surface area contributed by atoms with Gasteiger partial charge in [0.25, 0.3) is 5.91 Å². The van der Waals surface area contributed by atoms with Crippen LogP contribution in [0.4, 0.5) is 5.69 Å². The third-order valence-corrected chi connectivity index (χ3v) is 4.14. The Hall–Kier alpha value is -3.11. The van der Waals surface area contributed by atoms with Gasteiger partial charge in [0.05, 0.1) is 10.7 Å². The van der Waals surface area contributed by atoms with Gasteiger partial charge in [-0.2, -0.15) is 0 Å². The predicted molar refractivity (Wildman–Crippen MR) is 104 cm³/mol. The maximum Gasteiger partial charge on any atom is 0.253 e. The summed E-state index contributed by atoms with van der Waals surface area (Å²) in [6.07, 6.45) is -0.954. The summed E-state index contributed by atoms with van der Waals surface area (Å²) in [6, 6.07) is 24.6. The number of para-hydroxylation sites is 1. The quantitative estimate of drug-likeness (QED) is 0.503. The highest BCUT2D eigenvalue weighted by atomic mass is 35.5. The smallest absolute Gasteiger partial charge is 0.253 e. The molecule has 5 heteroatoms. The number of halogens is 1. The molecule has 0 spiro atoms. The fraction of sp³-hybridized carbons (Fsp3) is 0.0476. The van der Waals surface area contributed by atoms with Gasteiger partial charge in [0.2, 0.25) is 5.78 Å². The van der Waals surface area contributed by atoms with E-state index in [4.69, 9.17) is 11.6 Å². The van der Waals surface area contributed by atoms with Gasteiger partial charge in [-0.3, -0.25) is 9.59 Å². The van der Waals surface area contributed by atoms with Crippen LogP contribution in [-0.4, -0.2) is 17.9 Å². The SMILES string of the molecule is O=C(N[C@H](Nc1ccccc1Cl)C(=O)c1ccccc1)c1ccccc1. The second-order valence-corrected chi connectivity index (χ2v) is 6.03. The average Bonchev–Trinajstić information content (AvgIpc) is 2.70. The molecule has 4 nitrogen and oxygen atoms in total. The minimum atomic E-state index is -0.954. The first-order valence-corrected chi connectivity index (χ1v) is 8.49. The molecule has 0 aliphatic heterocycles. The number of ketones is 1. The number of Topliss-reactive ketones (excluding diaryl/α,β-unsaturated/α-hetero) is 1. The van der Waals surface area contributed by atoms with Crippen LogP contribution in [0.25, 0.3) is 0 Å². The van der Waals surface area contributed by atoms with Crippen molar-refractivity contribution in [3.8, 4) is 0 Å². The van der Waals surface area contributed by atoms with Gasteiger partial charge in [-0.25, -0.2) is 0 Å². The molecule has 0 radical (unpaired) electrons. The lowest BCUT2D eigenvalue weighted by molar-refractivity contribution is 0.0869. The van der Waals surface area contributed by atoms with Gasteiger partial charge < -0.3 is 10.6 Å². The minimum Gasteiger partial charge on any atom is -0.358 e. The standard InChI is InChI=1S/C21H17ClN2O2/c22-17-13-7-8-14-18(17)23-20(19(25)15-9-3-1-4-10-15)24-21(26)16-11-5-2-6-12-16/h1-14,20,23H,(H,24,26)/t20-/m0/s1. The summed E-state index contributed by atoms with van der Waals surface area (Å²) in [7, 11) is 0. The van der Waals surface area contributed by atoms with Gasteiger partial charge in [0, 0.05) is 11.1 Å². The normalized spacial score (nSPS) is 11.4. The van der Waals surface area contributed by atoms with E-state index in [9.17, 15) is 9.59 Å². The van der Waals surface area contributed by atoms with Crippen LogP contribution in [0, 0.1) is 0 Å². The number of carbonyl (C=O) groups is 2. The monoisotopic (exact) mass is 364 g/mol. The molecule has 0 aliphatic carbocycles. The Kier molecular flexibility index (Phi) is 5.66. The van der Waals surface area contributed by atoms with Crippen molar-refractivity contribution in [3.63, 3.8) is 0 Å². The second-order valence-electron chi connectivity index (χ2n) is 5.63. The topological polar surface area (TPSA) is 58.2 Å². The van der Waals surface area contributed by atoms with Crippen LogP contribution < -0.4 is 10.6 Å². The molecule has 1 amide bonds. The summed E-state index contributed by atoms with van der Waals surface area (Å²) in [5.74, 6) is -0.603. The van der Waals surface area contributed by atoms with Crippen molar-refractivity contribution in [2.24, 2.45) is 0 Å². The molecule has 3 aromatic rings. The number of amides is 1. The fourth-order valence-corrected chi connectivity index (χ4v) is 2.66. The number of anilines is 1. The highest BCUT2D eigenvalue weighted by molar-refractivity contribution is 6.33. The number of carbonyl (C=O) groups excluding carboxylic acids is 2. The number of nitrogens with one attached hydrogen (secondary N) is 2. The maximum atomic E-state index is 12.9. The van der Waals surface area contributed by atoms with Crippen LogP contribution in [0.5, 0.6) is 0 Å². The zero-order chi connectivity index (χ0) is 18.4. The lowest BCUT2D eigenvalue weighted by atomic mass is 10.1. The molecule has 3 aromatic carbocycles. The molecule has 0 saturated carbocycles. The molecule has 0 fully saturated rings. The predicted octanol–water partition coefficient (Wildman–Crippen LogP) is 4.39. The van der Waals surface area contributed by atoms with Crippen molar-refractivity contribution >= 4 is 29.0 Å². The number of rotatable bonds is 6. The highest BCUT2D eigenvalue weighted by Crippen LogP contribution is 2.21. The molecule has 0 saturated heterocycles. The Labute approximate surface area is 156 Å². The van der Waals surface area contributed by atoms with E-state index in [0.717, 1.165) is 0 Å². The molecule has 1 atom stereocenters. The maximum absolute atomic E-state index is 12.9. The summed E-state index contributed by atoms with van der Waals surface area (Å²) in [5.41, 5.74) is 1.53. The number of hydrogen-bond donors (Lipinski definition) is 2. The van der Waals surface area contributed by atoms with Crippen molar-refractivity contribution in [3.05, 3.63) is 101 Å². The van der Waals surface area contributed by atoms with Crippen LogP contribution in [0.2, 0.25) is 5.02 Å². The summed E-state index contributed by atoms with van der Waals surface area (Å²) in [6.45, 7) is 0. The largest absolute Gasteiger partial charge is 0.358 e. The molecule has 26 heavy (non-hydrogen) atoms. The Bertz CT molecular complexity index is 898. The van der Waals surface area contributed by atoms with Gasteiger partial charge >= 0.3 is 0 Å². The van der Waals surface area contributed by atoms with Crippen molar-refractivity contribution in [2.45, 2.75) is 6.17 Å². The van der Waals surface area contributed by atoms with Crippen LogP contribution in [0.3, 0.4) is 0 Å². The van der Waals surface area contributed by atoms with Crippen LogP contribution in [0.15, 0.2) is 84.9 Å². The summed E-state index contributed by atoms with van der Waals surface area (Å²) in [4.78, 5) is 25.4. The molecule has 0 bridgehead atoms.